The van der Waals surface area contributed by atoms with Gasteiger partial charge in [-0.1, -0.05) is 42.5 Å². The van der Waals surface area contributed by atoms with Crippen LogP contribution in [0.3, 0.4) is 0 Å². The highest BCUT2D eigenvalue weighted by Gasteiger charge is 2.07. The van der Waals surface area contributed by atoms with E-state index >= 15 is 0 Å². The van der Waals surface area contributed by atoms with Crippen LogP contribution in [0.25, 0.3) is 11.1 Å². The molecular weight excluding hydrogens is 186 g/mol. The number of hydrogen-bond acceptors (Lipinski definition) is 2. The van der Waals surface area contributed by atoms with Gasteiger partial charge in [-0.3, -0.25) is 0 Å². The van der Waals surface area contributed by atoms with E-state index in [9.17, 15) is 0 Å². The monoisotopic (exact) mass is 199 g/mol. The van der Waals surface area contributed by atoms with E-state index in [1.807, 2.05) is 48.5 Å². The molecule has 0 amide bonds. The SMILES string of the molecule is COc1c(N)cccc1-c1ccccc1. The van der Waals surface area contributed by atoms with Gasteiger partial charge in [0.05, 0.1) is 12.8 Å². The van der Waals surface area contributed by atoms with Gasteiger partial charge in [-0.25, -0.2) is 0 Å². The lowest BCUT2D eigenvalue weighted by molar-refractivity contribution is 0.418. The minimum absolute atomic E-state index is 0.666. The first-order chi connectivity index (χ1) is 7.33. The van der Waals surface area contributed by atoms with E-state index in [4.69, 9.17) is 10.5 Å². The molecular formula is C13H13NO. The van der Waals surface area contributed by atoms with E-state index in [1.165, 1.54) is 0 Å². The molecule has 0 aromatic heterocycles. The van der Waals surface area contributed by atoms with Crippen molar-refractivity contribution in [3.63, 3.8) is 0 Å². The van der Waals surface area contributed by atoms with Crippen molar-refractivity contribution in [1.82, 2.24) is 0 Å². The highest BCUT2D eigenvalue weighted by molar-refractivity contribution is 5.77. The lowest BCUT2D eigenvalue weighted by atomic mass is 10.0. The molecule has 0 heterocycles. The number of benzene rings is 2. The summed E-state index contributed by atoms with van der Waals surface area (Å²) in [4.78, 5) is 0. The largest absolute Gasteiger partial charge is 0.494 e. The zero-order chi connectivity index (χ0) is 10.7. The Balaban J connectivity index is 2.58. The fourth-order valence-electron chi connectivity index (χ4n) is 1.63. The Kier molecular flexibility index (Phi) is 2.59. The molecule has 2 heteroatoms. The average Bonchev–Trinajstić information content (AvgIpc) is 2.30. The van der Waals surface area contributed by atoms with E-state index in [-0.39, 0.29) is 0 Å². The highest BCUT2D eigenvalue weighted by atomic mass is 16.5. The van der Waals surface area contributed by atoms with E-state index < -0.39 is 0 Å². The minimum Gasteiger partial charge on any atom is -0.494 e. The van der Waals surface area contributed by atoms with E-state index in [0.29, 0.717) is 5.69 Å². The van der Waals surface area contributed by atoms with Crippen LogP contribution in [0.2, 0.25) is 0 Å². The van der Waals surface area contributed by atoms with E-state index in [0.717, 1.165) is 16.9 Å². The van der Waals surface area contributed by atoms with Crippen LogP contribution in [0.4, 0.5) is 5.69 Å². The molecule has 0 atom stereocenters. The molecule has 0 spiro atoms. The van der Waals surface area contributed by atoms with Gasteiger partial charge in [-0.05, 0) is 11.6 Å². The normalized spacial score (nSPS) is 9.93. The number of nitrogen functional groups attached to an aromatic ring is 1. The van der Waals surface area contributed by atoms with Crippen LogP contribution in [-0.2, 0) is 0 Å². The summed E-state index contributed by atoms with van der Waals surface area (Å²) in [5, 5.41) is 0. The number of rotatable bonds is 2. The molecule has 0 aliphatic heterocycles. The molecule has 2 rings (SSSR count). The maximum atomic E-state index is 5.84. The summed E-state index contributed by atoms with van der Waals surface area (Å²) in [6, 6.07) is 15.8. The van der Waals surface area contributed by atoms with E-state index in [1.54, 1.807) is 7.11 Å². The standard InChI is InChI=1S/C13H13NO/c1-15-13-11(8-5-9-12(13)14)10-6-3-2-4-7-10/h2-9H,14H2,1H3. The van der Waals surface area contributed by atoms with Crippen molar-refractivity contribution in [3.05, 3.63) is 48.5 Å². The third kappa shape index (κ3) is 1.79. The summed E-state index contributed by atoms with van der Waals surface area (Å²) in [7, 11) is 1.64. The first kappa shape index (κ1) is 9.59. The van der Waals surface area contributed by atoms with Gasteiger partial charge in [0.2, 0.25) is 0 Å². The number of para-hydroxylation sites is 1. The maximum Gasteiger partial charge on any atom is 0.149 e. The van der Waals surface area contributed by atoms with Crippen molar-refractivity contribution >= 4 is 5.69 Å². The second kappa shape index (κ2) is 4.05. The van der Waals surface area contributed by atoms with Gasteiger partial charge in [0.15, 0.2) is 0 Å². The van der Waals surface area contributed by atoms with Crippen molar-refractivity contribution in [1.29, 1.82) is 0 Å². The van der Waals surface area contributed by atoms with Gasteiger partial charge >= 0.3 is 0 Å². The summed E-state index contributed by atoms with van der Waals surface area (Å²) in [5.41, 5.74) is 8.65. The van der Waals surface area contributed by atoms with Gasteiger partial charge in [0, 0.05) is 5.56 Å². The first-order valence-electron chi connectivity index (χ1n) is 4.81. The number of methoxy groups -OCH3 is 1. The summed E-state index contributed by atoms with van der Waals surface area (Å²) >= 11 is 0. The number of ether oxygens (including phenoxy) is 1. The van der Waals surface area contributed by atoms with Crippen molar-refractivity contribution in [3.8, 4) is 16.9 Å². The minimum atomic E-state index is 0.666. The smallest absolute Gasteiger partial charge is 0.149 e. The molecule has 0 aliphatic rings. The molecule has 2 aromatic carbocycles. The summed E-state index contributed by atoms with van der Waals surface area (Å²) in [6.07, 6.45) is 0. The predicted molar refractivity (Wildman–Crippen MR) is 62.8 cm³/mol. The van der Waals surface area contributed by atoms with E-state index in [2.05, 4.69) is 0 Å². The van der Waals surface area contributed by atoms with Gasteiger partial charge in [0.25, 0.3) is 0 Å². The molecule has 0 aliphatic carbocycles. The van der Waals surface area contributed by atoms with Gasteiger partial charge in [-0.2, -0.15) is 0 Å². The summed E-state index contributed by atoms with van der Waals surface area (Å²) < 4.78 is 5.31. The quantitative estimate of drug-likeness (QED) is 0.755. The Morgan fingerprint density at radius 2 is 1.67 bits per heavy atom. The van der Waals surface area contributed by atoms with Gasteiger partial charge < -0.3 is 10.5 Å². The molecule has 0 unspecified atom stereocenters. The summed E-state index contributed by atoms with van der Waals surface area (Å²) in [5.74, 6) is 0.740. The Morgan fingerprint density at radius 1 is 0.933 bits per heavy atom. The molecule has 76 valence electrons. The summed E-state index contributed by atoms with van der Waals surface area (Å²) in [6.45, 7) is 0. The van der Waals surface area contributed by atoms with Crippen LogP contribution in [0.5, 0.6) is 5.75 Å². The Hall–Kier alpha value is -1.96. The molecule has 15 heavy (non-hydrogen) atoms. The fraction of sp³-hybridized carbons (Fsp3) is 0.0769. The lowest BCUT2D eigenvalue weighted by Gasteiger charge is -2.10. The Morgan fingerprint density at radius 3 is 2.33 bits per heavy atom. The topological polar surface area (TPSA) is 35.2 Å². The van der Waals surface area contributed by atoms with Gasteiger partial charge in [-0.15, -0.1) is 0 Å². The predicted octanol–water partition coefficient (Wildman–Crippen LogP) is 2.94. The van der Waals surface area contributed by atoms with Crippen LogP contribution in [-0.4, -0.2) is 7.11 Å². The number of anilines is 1. The second-order valence-electron chi connectivity index (χ2n) is 3.29. The average molecular weight is 199 g/mol. The van der Waals surface area contributed by atoms with Crippen molar-refractivity contribution in [2.24, 2.45) is 0 Å². The number of hydrogen-bond donors (Lipinski definition) is 1. The third-order valence-electron chi connectivity index (χ3n) is 2.33. The first-order valence-corrected chi connectivity index (χ1v) is 4.81. The lowest BCUT2D eigenvalue weighted by Crippen LogP contribution is -1.94. The zero-order valence-corrected chi connectivity index (χ0v) is 8.60. The maximum absolute atomic E-state index is 5.84. The second-order valence-corrected chi connectivity index (χ2v) is 3.29. The molecule has 0 saturated carbocycles. The van der Waals surface area contributed by atoms with Crippen molar-refractivity contribution in [2.45, 2.75) is 0 Å². The van der Waals surface area contributed by atoms with Crippen LogP contribution >= 0.6 is 0 Å². The zero-order valence-electron chi connectivity index (χ0n) is 8.60. The van der Waals surface area contributed by atoms with Crippen LogP contribution in [0.15, 0.2) is 48.5 Å². The third-order valence-corrected chi connectivity index (χ3v) is 2.33. The van der Waals surface area contributed by atoms with Crippen LogP contribution < -0.4 is 10.5 Å². The van der Waals surface area contributed by atoms with Crippen LogP contribution in [0.1, 0.15) is 0 Å². The molecule has 2 nitrogen and oxygen atoms in total. The molecule has 0 fully saturated rings. The van der Waals surface area contributed by atoms with Crippen molar-refractivity contribution < 1.29 is 4.74 Å². The van der Waals surface area contributed by atoms with Gasteiger partial charge in [0.1, 0.15) is 5.75 Å². The molecule has 0 saturated heterocycles. The molecule has 2 aromatic rings. The highest BCUT2D eigenvalue weighted by Crippen LogP contribution is 2.34. The molecule has 0 radical (unpaired) electrons. The van der Waals surface area contributed by atoms with Crippen LogP contribution in [0, 0.1) is 0 Å². The molecule has 2 N–H and O–H groups in total. The Labute approximate surface area is 89.3 Å². The Bertz CT molecular complexity index is 451. The van der Waals surface area contributed by atoms with Crippen molar-refractivity contribution in [2.75, 3.05) is 12.8 Å². The number of nitrogens with two attached hydrogens (primary N) is 1. The molecule has 0 bridgehead atoms. The fourth-order valence-corrected chi connectivity index (χ4v) is 1.63.